The molecule has 96 valence electrons. The highest BCUT2D eigenvalue weighted by molar-refractivity contribution is 7.18. The van der Waals surface area contributed by atoms with Crippen molar-refractivity contribution in [2.45, 2.75) is 6.92 Å². The third-order valence-electron chi connectivity index (χ3n) is 2.72. The Morgan fingerprint density at radius 2 is 2.00 bits per heavy atom. The van der Waals surface area contributed by atoms with Crippen LogP contribution in [-0.2, 0) is 0 Å². The van der Waals surface area contributed by atoms with E-state index in [4.69, 9.17) is 10.5 Å². The summed E-state index contributed by atoms with van der Waals surface area (Å²) in [6, 6.07) is 7.80. The van der Waals surface area contributed by atoms with Crippen molar-refractivity contribution >= 4 is 27.5 Å². The minimum absolute atomic E-state index is 0.198. The van der Waals surface area contributed by atoms with Gasteiger partial charge in [0.25, 0.3) is 0 Å². The topological polar surface area (TPSA) is 73.9 Å². The van der Waals surface area contributed by atoms with Crippen LogP contribution in [0.1, 0.15) is 5.01 Å². The van der Waals surface area contributed by atoms with E-state index in [0.29, 0.717) is 5.88 Å². The number of nitrogen functional groups attached to an aromatic ring is 1. The molecule has 5 nitrogen and oxygen atoms in total. The lowest BCUT2D eigenvalue weighted by Gasteiger charge is -2.04. The molecule has 6 heteroatoms. The Labute approximate surface area is 114 Å². The van der Waals surface area contributed by atoms with E-state index in [9.17, 15) is 0 Å². The zero-order valence-corrected chi connectivity index (χ0v) is 11.4. The van der Waals surface area contributed by atoms with Gasteiger partial charge < -0.3 is 10.5 Å². The van der Waals surface area contributed by atoms with Crippen LogP contribution in [0, 0.1) is 6.92 Å². The van der Waals surface area contributed by atoms with E-state index < -0.39 is 0 Å². The molecule has 0 spiro atoms. The van der Waals surface area contributed by atoms with Gasteiger partial charge >= 0.3 is 0 Å². The zero-order chi connectivity index (χ0) is 13.4. The van der Waals surface area contributed by atoms with Crippen molar-refractivity contribution in [1.29, 1.82) is 0 Å². The van der Waals surface area contributed by atoms with Crippen molar-refractivity contribution in [3.8, 4) is 17.1 Å². The van der Waals surface area contributed by atoms with Crippen LogP contribution in [0.2, 0.25) is 0 Å². The Bertz CT molecular complexity index is 753. The highest BCUT2D eigenvalue weighted by Crippen LogP contribution is 2.28. The number of nitrogens with zero attached hydrogens (tertiary/aromatic N) is 3. The van der Waals surface area contributed by atoms with Crippen molar-refractivity contribution < 1.29 is 4.74 Å². The molecule has 0 aliphatic carbocycles. The SMILES string of the molecule is COc1cc(-c2ccc3sc(C)nc3c2)nc(N)n1. The number of anilines is 1. The molecular weight excluding hydrogens is 260 g/mol. The van der Waals surface area contributed by atoms with Gasteiger partial charge in [0.2, 0.25) is 11.8 Å². The second-order valence-electron chi connectivity index (χ2n) is 4.07. The van der Waals surface area contributed by atoms with E-state index in [-0.39, 0.29) is 5.95 Å². The van der Waals surface area contributed by atoms with E-state index in [1.165, 1.54) is 0 Å². The first-order valence-corrected chi connectivity index (χ1v) is 6.53. The normalized spacial score (nSPS) is 10.8. The van der Waals surface area contributed by atoms with Crippen molar-refractivity contribution in [3.05, 3.63) is 29.3 Å². The van der Waals surface area contributed by atoms with Gasteiger partial charge in [0.15, 0.2) is 0 Å². The molecule has 1 aromatic carbocycles. The number of nitrogens with two attached hydrogens (primary N) is 1. The molecular formula is C13H12N4OS. The summed E-state index contributed by atoms with van der Waals surface area (Å²) in [7, 11) is 1.55. The Morgan fingerprint density at radius 1 is 1.16 bits per heavy atom. The molecule has 0 radical (unpaired) electrons. The summed E-state index contributed by atoms with van der Waals surface area (Å²) in [5.74, 6) is 0.654. The molecule has 0 atom stereocenters. The van der Waals surface area contributed by atoms with Crippen LogP contribution in [-0.4, -0.2) is 22.1 Å². The smallest absolute Gasteiger partial charge is 0.223 e. The average Bonchev–Trinajstić information content (AvgIpc) is 2.76. The van der Waals surface area contributed by atoms with Crippen LogP contribution in [0.4, 0.5) is 5.95 Å². The van der Waals surface area contributed by atoms with Gasteiger partial charge in [-0.05, 0) is 19.1 Å². The fourth-order valence-corrected chi connectivity index (χ4v) is 2.70. The van der Waals surface area contributed by atoms with Gasteiger partial charge in [0, 0.05) is 11.6 Å². The number of methoxy groups -OCH3 is 1. The second-order valence-corrected chi connectivity index (χ2v) is 5.30. The number of rotatable bonds is 2. The number of ether oxygens (including phenoxy) is 1. The number of fused-ring (bicyclic) bond motifs is 1. The fraction of sp³-hybridized carbons (Fsp3) is 0.154. The average molecular weight is 272 g/mol. The molecule has 2 N–H and O–H groups in total. The standard InChI is InChI=1S/C13H12N4OS/c1-7-15-10-5-8(3-4-11(10)19-7)9-6-12(18-2)17-13(14)16-9/h3-6H,1-2H3,(H2,14,16,17). The van der Waals surface area contributed by atoms with E-state index in [2.05, 4.69) is 15.0 Å². The van der Waals surface area contributed by atoms with Gasteiger partial charge in [0.1, 0.15) is 0 Å². The lowest BCUT2D eigenvalue weighted by atomic mass is 10.1. The van der Waals surface area contributed by atoms with Crippen molar-refractivity contribution in [2.75, 3.05) is 12.8 Å². The molecule has 0 saturated heterocycles. The predicted octanol–water partition coefficient (Wildman–Crippen LogP) is 2.65. The minimum atomic E-state index is 0.198. The van der Waals surface area contributed by atoms with Crippen LogP contribution in [0.3, 0.4) is 0 Å². The quantitative estimate of drug-likeness (QED) is 0.776. The maximum atomic E-state index is 5.67. The molecule has 0 fully saturated rings. The van der Waals surface area contributed by atoms with Crippen LogP contribution in [0.25, 0.3) is 21.5 Å². The molecule has 2 heterocycles. The maximum absolute atomic E-state index is 5.67. The van der Waals surface area contributed by atoms with Gasteiger partial charge in [-0.25, -0.2) is 9.97 Å². The zero-order valence-electron chi connectivity index (χ0n) is 10.5. The molecule has 0 aliphatic heterocycles. The van der Waals surface area contributed by atoms with E-state index >= 15 is 0 Å². The lowest BCUT2D eigenvalue weighted by molar-refractivity contribution is 0.398. The highest BCUT2D eigenvalue weighted by atomic mass is 32.1. The number of hydrogen-bond acceptors (Lipinski definition) is 6. The van der Waals surface area contributed by atoms with Crippen LogP contribution >= 0.6 is 11.3 Å². The molecule has 0 saturated carbocycles. The summed E-state index contributed by atoms with van der Waals surface area (Å²) in [5.41, 5.74) is 8.32. The van der Waals surface area contributed by atoms with Gasteiger partial charge in [-0.1, -0.05) is 6.07 Å². The fourth-order valence-electron chi connectivity index (χ4n) is 1.90. The van der Waals surface area contributed by atoms with Crippen LogP contribution < -0.4 is 10.5 Å². The number of hydrogen-bond donors (Lipinski definition) is 1. The van der Waals surface area contributed by atoms with Crippen LogP contribution in [0.5, 0.6) is 5.88 Å². The van der Waals surface area contributed by atoms with Crippen molar-refractivity contribution in [2.24, 2.45) is 0 Å². The molecule has 3 aromatic rings. The largest absolute Gasteiger partial charge is 0.481 e. The molecule has 19 heavy (non-hydrogen) atoms. The third kappa shape index (κ3) is 2.22. The Kier molecular flexibility index (Phi) is 2.79. The predicted molar refractivity (Wildman–Crippen MR) is 76.3 cm³/mol. The number of thiazole rings is 1. The summed E-state index contributed by atoms with van der Waals surface area (Å²) in [5, 5.41) is 1.05. The number of aryl methyl sites for hydroxylation is 1. The van der Waals surface area contributed by atoms with E-state index in [1.54, 1.807) is 24.5 Å². The summed E-state index contributed by atoms with van der Waals surface area (Å²) >= 11 is 1.67. The van der Waals surface area contributed by atoms with Crippen molar-refractivity contribution in [1.82, 2.24) is 15.0 Å². The van der Waals surface area contributed by atoms with Gasteiger partial charge in [-0.2, -0.15) is 4.98 Å². The second kappa shape index (κ2) is 4.47. The molecule has 0 unspecified atom stereocenters. The molecule has 0 amide bonds. The first-order chi connectivity index (χ1) is 9.15. The van der Waals surface area contributed by atoms with E-state index in [1.807, 2.05) is 25.1 Å². The maximum Gasteiger partial charge on any atom is 0.223 e. The van der Waals surface area contributed by atoms with Gasteiger partial charge in [-0.15, -0.1) is 11.3 Å². The van der Waals surface area contributed by atoms with Crippen LogP contribution in [0.15, 0.2) is 24.3 Å². The van der Waals surface area contributed by atoms with Gasteiger partial charge in [-0.3, -0.25) is 0 Å². The molecule has 0 bridgehead atoms. The summed E-state index contributed by atoms with van der Waals surface area (Å²) in [6.07, 6.45) is 0. The first-order valence-electron chi connectivity index (χ1n) is 5.72. The molecule has 3 rings (SSSR count). The number of aromatic nitrogens is 3. The van der Waals surface area contributed by atoms with Crippen molar-refractivity contribution in [3.63, 3.8) is 0 Å². The Hall–Kier alpha value is -2.21. The van der Waals surface area contributed by atoms with Gasteiger partial charge in [0.05, 0.1) is 28.0 Å². The van der Waals surface area contributed by atoms with E-state index in [0.717, 1.165) is 26.5 Å². The molecule has 0 aliphatic rings. The molecule has 2 aromatic heterocycles. The third-order valence-corrected chi connectivity index (χ3v) is 3.67. The summed E-state index contributed by atoms with van der Waals surface area (Å²) in [4.78, 5) is 12.7. The number of benzene rings is 1. The first kappa shape index (κ1) is 11.9. The minimum Gasteiger partial charge on any atom is -0.481 e. The highest BCUT2D eigenvalue weighted by Gasteiger charge is 2.07. The Morgan fingerprint density at radius 3 is 2.79 bits per heavy atom. The Balaban J connectivity index is 2.15. The lowest BCUT2D eigenvalue weighted by Crippen LogP contribution is -1.99. The summed E-state index contributed by atoms with van der Waals surface area (Å²) in [6.45, 7) is 2.00. The summed E-state index contributed by atoms with van der Waals surface area (Å²) < 4.78 is 6.27. The monoisotopic (exact) mass is 272 g/mol.